The van der Waals surface area contributed by atoms with Crippen LogP contribution in [0, 0.1) is 23.7 Å². The first-order valence-corrected chi connectivity index (χ1v) is 20.5. The molecule has 274 valence electrons. The second-order valence-corrected chi connectivity index (χ2v) is 16.6. The summed E-state index contributed by atoms with van der Waals surface area (Å²) in [6.07, 6.45) is 4.20. The van der Waals surface area contributed by atoms with Gasteiger partial charge in [0.1, 0.15) is 0 Å². The van der Waals surface area contributed by atoms with E-state index in [1.807, 2.05) is 0 Å². The number of fused-ring (bicyclic) bond motifs is 3. The quantitative estimate of drug-likeness (QED) is 0.0882. The number of hydrogen-bond acceptors (Lipinski definition) is 4. The Morgan fingerprint density at radius 2 is 0.784 bits per heavy atom. The smallest absolute Gasteiger partial charge is 0.161 e. The topological polar surface area (TPSA) is 36.9 Å². The average molecular weight is 821 g/mol. The molecule has 4 aromatic carbocycles. The highest BCUT2D eigenvalue weighted by Gasteiger charge is 2.47. The fourth-order valence-corrected chi connectivity index (χ4v) is 7.13. The van der Waals surface area contributed by atoms with Crippen LogP contribution in [0.1, 0.15) is 103 Å². The van der Waals surface area contributed by atoms with Crippen molar-refractivity contribution in [3.05, 3.63) is 104 Å². The van der Waals surface area contributed by atoms with Crippen molar-refractivity contribution in [2.45, 2.75) is 86.5 Å². The Hall–Kier alpha value is -2.96. The average Bonchev–Trinajstić information content (AvgIpc) is 3.42. The van der Waals surface area contributed by atoms with Gasteiger partial charge in [-0.25, -0.2) is 0 Å². The number of ether oxygens (including phenoxy) is 4. The third kappa shape index (κ3) is 8.65. The minimum atomic E-state index is -0.689. The molecule has 0 amide bonds. The molecule has 0 bridgehead atoms. The van der Waals surface area contributed by atoms with E-state index < -0.39 is 5.41 Å². The van der Waals surface area contributed by atoms with Crippen LogP contribution in [0.2, 0.25) is 0 Å². The standard InChI is InChI=1S/C45H56Br2O4/c1-9-29(5)25-48-41-19-13-33(21-43(41)50-27-31(7)11-3)45(39-23-35(46)15-17-37(39)38-18-16-36(47)24-40(38)45)34-14-20-42(49-26-30(6)10-2)44(22-34)51-28-32(8)12-4/h13-24,29-32H,9-12,25-28H2,1-8H3. The van der Waals surface area contributed by atoms with Gasteiger partial charge in [0.2, 0.25) is 0 Å². The molecule has 4 unspecified atom stereocenters. The number of hydrogen-bond donors (Lipinski definition) is 0. The molecule has 0 radical (unpaired) electrons. The zero-order chi connectivity index (χ0) is 36.7. The van der Waals surface area contributed by atoms with Crippen LogP contribution in [0.3, 0.4) is 0 Å². The maximum Gasteiger partial charge on any atom is 0.161 e. The van der Waals surface area contributed by atoms with Gasteiger partial charge in [-0.2, -0.15) is 0 Å². The van der Waals surface area contributed by atoms with Crippen LogP contribution in [0.25, 0.3) is 11.1 Å². The third-order valence-electron chi connectivity index (χ3n) is 10.7. The summed E-state index contributed by atoms with van der Waals surface area (Å²) in [6.45, 7) is 20.2. The second-order valence-electron chi connectivity index (χ2n) is 14.8. The first-order chi connectivity index (χ1) is 24.5. The predicted molar refractivity (Wildman–Crippen MR) is 219 cm³/mol. The van der Waals surface area contributed by atoms with Crippen molar-refractivity contribution in [1.82, 2.24) is 0 Å². The van der Waals surface area contributed by atoms with Gasteiger partial charge in [-0.05, 0) is 106 Å². The van der Waals surface area contributed by atoms with Crippen LogP contribution < -0.4 is 18.9 Å². The van der Waals surface area contributed by atoms with Crippen LogP contribution in [0.5, 0.6) is 23.0 Å². The highest BCUT2D eigenvalue weighted by molar-refractivity contribution is 9.10. The summed E-state index contributed by atoms with van der Waals surface area (Å²) in [5.41, 5.74) is 6.34. The minimum Gasteiger partial charge on any atom is -0.489 e. The molecule has 4 atom stereocenters. The lowest BCUT2D eigenvalue weighted by molar-refractivity contribution is 0.217. The summed E-state index contributed by atoms with van der Waals surface area (Å²) >= 11 is 7.71. The molecule has 1 aliphatic rings. The van der Waals surface area contributed by atoms with Gasteiger partial charge in [-0.3, -0.25) is 0 Å². The summed E-state index contributed by atoms with van der Waals surface area (Å²) in [4.78, 5) is 0. The van der Waals surface area contributed by atoms with Crippen molar-refractivity contribution >= 4 is 31.9 Å². The predicted octanol–water partition coefficient (Wildman–Crippen LogP) is 13.3. The molecule has 0 N–H and O–H groups in total. The summed E-state index contributed by atoms with van der Waals surface area (Å²) in [6, 6.07) is 26.5. The molecule has 0 saturated carbocycles. The summed E-state index contributed by atoms with van der Waals surface area (Å²) in [7, 11) is 0. The van der Waals surface area contributed by atoms with E-state index in [-0.39, 0.29) is 0 Å². The van der Waals surface area contributed by atoms with Gasteiger partial charge in [-0.1, -0.05) is 137 Å². The van der Waals surface area contributed by atoms with Crippen molar-refractivity contribution in [3.8, 4) is 34.1 Å². The molecule has 0 saturated heterocycles. The van der Waals surface area contributed by atoms with E-state index in [1.165, 1.54) is 22.3 Å². The highest BCUT2D eigenvalue weighted by Crippen LogP contribution is 2.58. The Morgan fingerprint density at radius 3 is 1.12 bits per heavy atom. The fourth-order valence-electron chi connectivity index (χ4n) is 6.40. The van der Waals surface area contributed by atoms with E-state index in [2.05, 4.69) is 160 Å². The molecule has 4 nitrogen and oxygen atoms in total. The van der Waals surface area contributed by atoms with Gasteiger partial charge in [0.05, 0.1) is 31.8 Å². The molecule has 0 fully saturated rings. The molecule has 0 spiro atoms. The van der Waals surface area contributed by atoms with Crippen LogP contribution in [-0.2, 0) is 5.41 Å². The van der Waals surface area contributed by atoms with E-state index >= 15 is 0 Å². The number of rotatable bonds is 18. The van der Waals surface area contributed by atoms with Gasteiger partial charge < -0.3 is 18.9 Å². The Morgan fingerprint density at radius 1 is 0.451 bits per heavy atom. The largest absolute Gasteiger partial charge is 0.489 e. The molecule has 51 heavy (non-hydrogen) atoms. The molecule has 0 aromatic heterocycles. The lowest BCUT2D eigenvalue weighted by Gasteiger charge is -2.35. The van der Waals surface area contributed by atoms with Crippen molar-refractivity contribution in [1.29, 1.82) is 0 Å². The van der Waals surface area contributed by atoms with Crippen molar-refractivity contribution in [2.75, 3.05) is 26.4 Å². The Bertz CT molecular complexity index is 1640. The van der Waals surface area contributed by atoms with Crippen molar-refractivity contribution in [2.24, 2.45) is 23.7 Å². The lowest BCUT2D eigenvalue weighted by atomic mass is 9.67. The Kier molecular flexibility index (Phi) is 13.6. The van der Waals surface area contributed by atoms with Crippen LogP contribution in [-0.4, -0.2) is 26.4 Å². The molecule has 5 rings (SSSR count). The van der Waals surface area contributed by atoms with Crippen LogP contribution >= 0.6 is 31.9 Å². The van der Waals surface area contributed by atoms with Crippen molar-refractivity contribution in [3.63, 3.8) is 0 Å². The van der Waals surface area contributed by atoms with Crippen molar-refractivity contribution < 1.29 is 18.9 Å². The zero-order valence-electron chi connectivity index (χ0n) is 31.8. The SMILES string of the molecule is CCC(C)COc1ccc(C2(c3ccc(OCC(C)CC)c(OCC(C)CC)c3)c3cc(Br)ccc3-c3ccc(Br)cc32)cc1OCC(C)CC. The van der Waals surface area contributed by atoms with Crippen LogP contribution in [0.15, 0.2) is 81.7 Å². The second kappa shape index (κ2) is 17.7. The molecule has 4 aromatic rings. The van der Waals surface area contributed by atoms with Gasteiger partial charge in [-0.15, -0.1) is 0 Å². The van der Waals surface area contributed by atoms with E-state index in [9.17, 15) is 0 Å². The number of benzene rings is 4. The van der Waals surface area contributed by atoms with Gasteiger partial charge in [0.25, 0.3) is 0 Å². The summed E-state index contributed by atoms with van der Waals surface area (Å²) in [5.74, 6) is 4.83. The van der Waals surface area contributed by atoms with E-state index in [4.69, 9.17) is 18.9 Å². The summed E-state index contributed by atoms with van der Waals surface area (Å²) in [5, 5.41) is 0. The zero-order valence-corrected chi connectivity index (χ0v) is 35.0. The highest BCUT2D eigenvalue weighted by atomic mass is 79.9. The Labute approximate surface area is 323 Å². The van der Waals surface area contributed by atoms with Gasteiger partial charge in [0.15, 0.2) is 23.0 Å². The maximum atomic E-state index is 6.66. The normalized spacial score (nSPS) is 15.3. The number of halogens is 2. The minimum absolute atomic E-state index is 0.415. The van der Waals surface area contributed by atoms with Gasteiger partial charge >= 0.3 is 0 Å². The lowest BCUT2D eigenvalue weighted by Crippen LogP contribution is -2.29. The first-order valence-electron chi connectivity index (χ1n) is 19.0. The fraction of sp³-hybridized carbons (Fsp3) is 0.467. The molecule has 0 aliphatic heterocycles. The van der Waals surface area contributed by atoms with E-state index in [0.717, 1.165) is 68.8 Å². The molecular weight excluding hydrogens is 764 g/mol. The molecule has 6 heteroatoms. The van der Waals surface area contributed by atoms with E-state index in [1.54, 1.807) is 0 Å². The van der Waals surface area contributed by atoms with Crippen LogP contribution in [0.4, 0.5) is 0 Å². The molecule has 0 heterocycles. The maximum absolute atomic E-state index is 6.66. The van der Waals surface area contributed by atoms with Gasteiger partial charge in [0, 0.05) is 8.95 Å². The van der Waals surface area contributed by atoms with E-state index in [0.29, 0.717) is 50.1 Å². The summed E-state index contributed by atoms with van der Waals surface area (Å²) < 4.78 is 28.3. The molecule has 1 aliphatic carbocycles. The third-order valence-corrected chi connectivity index (χ3v) is 11.7. The monoisotopic (exact) mass is 818 g/mol. The Balaban J connectivity index is 1.79. The molecular formula is C45H56Br2O4. The first kappa shape index (κ1) is 39.3.